The highest BCUT2D eigenvalue weighted by atomic mass is 35.5. The first-order valence-corrected chi connectivity index (χ1v) is 6.56. The topological polar surface area (TPSA) is 40.5 Å². The fourth-order valence-electron chi connectivity index (χ4n) is 1.61. The molecule has 0 saturated carbocycles. The minimum absolute atomic E-state index is 0.224. The number of carbonyl (C=O) groups excluding carboxylic acids is 1. The Morgan fingerprint density at radius 1 is 1.37 bits per heavy atom. The van der Waals surface area contributed by atoms with Gasteiger partial charge in [-0.1, -0.05) is 29.3 Å². The number of carbonyl (C=O) groups is 1. The van der Waals surface area contributed by atoms with E-state index in [1.54, 1.807) is 45.2 Å². The van der Waals surface area contributed by atoms with Crippen LogP contribution in [0.1, 0.15) is 19.4 Å². The molecule has 0 spiro atoms. The Morgan fingerprint density at radius 2 is 1.89 bits per heavy atom. The molecule has 1 N–H and O–H groups in total. The molecule has 1 rings (SSSR count). The molecular formula is C14H17Cl2NO2. The van der Waals surface area contributed by atoms with Gasteiger partial charge >= 0.3 is 0 Å². The SMILES string of the molecule is CN(CC(C)(C)O)C(=O)/C=C\c1c(Cl)cccc1Cl. The van der Waals surface area contributed by atoms with Gasteiger partial charge in [0.2, 0.25) is 5.91 Å². The molecule has 0 saturated heterocycles. The van der Waals surface area contributed by atoms with Crippen molar-refractivity contribution < 1.29 is 9.90 Å². The Kier molecular flexibility index (Phi) is 5.41. The van der Waals surface area contributed by atoms with Crippen LogP contribution in [0.5, 0.6) is 0 Å². The lowest BCUT2D eigenvalue weighted by molar-refractivity contribution is -0.127. The van der Waals surface area contributed by atoms with Crippen molar-refractivity contribution >= 4 is 35.2 Å². The number of halogens is 2. The maximum atomic E-state index is 11.9. The first kappa shape index (κ1) is 16.0. The summed E-state index contributed by atoms with van der Waals surface area (Å²) in [5.74, 6) is -0.224. The van der Waals surface area contributed by atoms with Gasteiger partial charge in [-0.3, -0.25) is 4.79 Å². The van der Waals surface area contributed by atoms with Gasteiger partial charge in [0.1, 0.15) is 0 Å². The summed E-state index contributed by atoms with van der Waals surface area (Å²) in [5.41, 5.74) is -0.323. The van der Waals surface area contributed by atoms with Gasteiger partial charge in [-0.15, -0.1) is 0 Å². The summed E-state index contributed by atoms with van der Waals surface area (Å²) < 4.78 is 0. The van der Waals surface area contributed by atoms with E-state index in [0.717, 1.165) is 0 Å². The Hall–Kier alpha value is -1.03. The van der Waals surface area contributed by atoms with E-state index in [9.17, 15) is 9.90 Å². The average molecular weight is 302 g/mol. The molecule has 0 heterocycles. The first-order valence-electron chi connectivity index (χ1n) is 5.80. The number of hydrogen-bond acceptors (Lipinski definition) is 2. The molecule has 3 nitrogen and oxygen atoms in total. The van der Waals surface area contributed by atoms with Crippen LogP contribution in [-0.4, -0.2) is 35.1 Å². The van der Waals surface area contributed by atoms with Crippen molar-refractivity contribution in [2.75, 3.05) is 13.6 Å². The summed E-state index contributed by atoms with van der Waals surface area (Å²) in [6, 6.07) is 5.15. The van der Waals surface area contributed by atoms with Crippen molar-refractivity contribution in [3.05, 3.63) is 39.9 Å². The third kappa shape index (κ3) is 5.23. The van der Waals surface area contributed by atoms with Crippen molar-refractivity contribution in [2.45, 2.75) is 19.4 Å². The van der Waals surface area contributed by atoms with Gasteiger partial charge in [-0.25, -0.2) is 0 Å². The van der Waals surface area contributed by atoms with E-state index in [1.807, 2.05) is 0 Å². The van der Waals surface area contributed by atoms with Gasteiger partial charge in [0.25, 0.3) is 0 Å². The number of benzene rings is 1. The molecule has 1 aromatic rings. The van der Waals surface area contributed by atoms with Gasteiger partial charge < -0.3 is 10.0 Å². The molecule has 0 aliphatic heterocycles. The zero-order valence-electron chi connectivity index (χ0n) is 11.2. The molecule has 0 radical (unpaired) electrons. The van der Waals surface area contributed by atoms with Crippen molar-refractivity contribution in [3.8, 4) is 0 Å². The first-order chi connectivity index (χ1) is 8.70. The lowest BCUT2D eigenvalue weighted by Crippen LogP contribution is -2.38. The maximum absolute atomic E-state index is 11.9. The van der Waals surface area contributed by atoms with Crippen LogP contribution in [0, 0.1) is 0 Å². The predicted octanol–water partition coefficient (Wildman–Crippen LogP) is 3.24. The van der Waals surface area contributed by atoms with Gasteiger partial charge in [-0.05, 0) is 32.1 Å². The van der Waals surface area contributed by atoms with Gasteiger partial charge in [-0.2, -0.15) is 0 Å². The zero-order chi connectivity index (χ0) is 14.6. The van der Waals surface area contributed by atoms with Crippen LogP contribution in [-0.2, 0) is 4.79 Å². The third-order valence-corrected chi connectivity index (χ3v) is 3.05. The number of hydrogen-bond donors (Lipinski definition) is 1. The fourth-order valence-corrected chi connectivity index (χ4v) is 2.13. The summed E-state index contributed by atoms with van der Waals surface area (Å²) in [7, 11) is 1.62. The second kappa shape index (κ2) is 6.42. The number of aliphatic hydroxyl groups is 1. The standard InChI is InChI=1S/C14H17Cl2NO2/c1-14(2,19)9-17(3)13(18)8-7-10-11(15)5-4-6-12(10)16/h4-8,19H,9H2,1-3H3/b8-7-. The molecule has 0 atom stereocenters. The summed E-state index contributed by atoms with van der Waals surface area (Å²) in [4.78, 5) is 13.3. The molecule has 1 aromatic carbocycles. The summed E-state index contributed by atoms with van der Waals surface area (Å²) in [5, 5.41) is 10.6. The van der Waals surface area contributed by atoms with E-state index < -0.39 is 5.60 Å². The normalized spacial score (nSPS) is 11.9. The smallest absolute Gasteiger partial charge is 0.246 e. The Bertz CT molecular complexity index is 472. The number of amides is 1. The number of rotatable bonds is 4. The third-order valence-electron chi connectivity index (χ3n) is 2.39. The second-order valence-corrected chi connectivity index (χ2v) is 5.79. The fraction of sp³-hybridized carbons (Fsp3) is 0.357. The molecule has 0 fully saturated rings. The van der Waals surface area contributed by atoms with E-state index in [0.29, 0.717) is 15.6 Å². The quantitative estimate of drug-likeness (QED) is 0.867. The second-order valence-electron chi connectivity index (χ2n) is 4.98. The largest absolute Gasteiger partial charge is 0.389 e. The zero-order valence-corrected chi connectivity index (χ0v) is 12.7. The molecular weight excluding hydrogens is 285 g/mol. The number of likely N-dealkylation sites (N-methyl/N-ethyl adjacent to an activating group) is 1. The van der Waals surface area contributed by atoms with Crippen molar-refractivity contribution in [2.24, 2.45) is 0 Å². The summed E-state index contributed by atoms with van der Waals surface area (Å²) in [6.45, 7) is 3.53. The lowest BCUT2D eigenvalue weighted by Gasteiger charge is -2.24. The maximum Gasteiger partial charge on any atom is 0.246 e. The minimum Gasteiger partial charge on any atom is -0.389 e. The van der Waals surface area contributed by atoms with E-state index in [1.165, 1.54) is 11.0 Å². The number of nitrogens with zero attached hydrogens (tertiary/aromatic N) is 1. The van der Waals surface area contributed by atoms with E-state index in [4.69, 9.17) is 23.2 Å². The molecule has 0 bridgehead atoms. The Labute approximate surface area is 123 Å². The lowest BCUT2D eigenvalue weighted by atomic mass is 10.1. The molecule has 0 unspecified atom stereocenters. The Morgan fingerprint density at radius 3 is 2.37 bits per heavy atom. The van der Waals surface area contributed by atoms with Gasteiger partial charge in [0.15, 0.2) is 0 Å². The van der Waals surface area contributed by atoms with Crippen LogP contribution in [0.4, 0.5) is 0 Å². The molecule has 0 aliphatic carbocycles. The van der Waals surface area contributed by atoms with Crippen LogP contribution < -0.4 is 0 Å². The molecule has 19 heavy (non-hydrogen) atoms. The molecule has 1 amide bonds. The highest BCUT2D eigenvalue weighted by Gasteiger charge is 2.17. The highest BCUT2D eigenvalue weighted by molar-refractivity contribution is 6.37. The van der Waals surface area contributed by atoms with E-state index >= 15 is 0 Å². The monoisotopic (exact) mass is 301 g/mol. The highest BCUT2D eigenvalue weighted by Crippen LogP contribution is 2.25. The van der Waals surface area contributed by atoms with Gasteiger partial charge in [0.05, 0.1) is 5.60 Å². The van der Waals surface area contributed by atoms with Crippen molar-refractivity contribution in [1.29, 1.82) is 0 Å². The Balaban J connectivity index is 2.79. The van der Waals surface area contributed by atoms with Crippen LogP contribution >= 0.6 is 23.2 Å². The van der Waals surface area contributed by atoms with E-state index in [2.05, 4.69) is 0 Å². The van der Waals surface area contributed by atoms with Crippen LogP contribution in [0.3, 0.4) is 0 Å². The molecule has 0 aromatic heterocycles. The van der Waals surface area contributed by atoms with Crippen molar-refractivity contribution in [3.63, 3.8) is 0 Å². The van der Waals surface area contributed by atoms with Gasteiger partial charge in [0, 0.05) is 35.3 Å². The molecule has 0 aliphatic rings. The average Bonchev–Trinajstić information content (AvgIpc) is 2.25. The summed E-state index contributed by atoms with van der Waals surface area (Å²) >= 11 is 12.0. The van der Waals surface area contributed by atoms with Crippen LogP contribution in [0.25, 0.3) is 6.08 Å². The van der Waals surface area contributed by atoms with Crippen LogP contribution in [0.15, 0.2) is 24.3 Å². The predicted molar refractivity (Wildman–Crippen MR) is 79.4 cm³/mol. The van der Waals surface area contributed by atoms with Crippen molar-refractivity contribution in [1.82, 2.24) is 4.90 Å². The van der Waals surface area contributed by atoms with Crippen LogP contribution in [0.2, 0.25) is 10.0 Å². The van der Waals surface area contributed by atoms with E-state index in [-0.39, 0.29) is 12.5 Å². The summed E-state index contributed by atoms with van der Waals surface area (Å²) in [6.07, 6.45) is 2.96. The minimum atomic E-state index is -0.930. The molecule has 104 valence electrons. The molecule has 5 heteroatoms.